The monoisotopic (exact) mass is 453 g/mol. The molecule has 2 N–H and O–H groups in total. The molecule has 32 heavy (non-hydrogen) atoms. The van der Waals surface area contributed by atoms with Crippen LogP contribution in [0, 0.1) is 5.82 Å². The number of benzene rings is 3. The van der Waals surface area contributed by atoms with Crippen molar-refractivity contribution >= 4 is 40.8 Å². The van der Waals surface area contributed by atoms with Crippen LogP contribution in [0.2, 0.25) is 5.02 Å². The van der Waals surface area contributed by atoms with E-state index in [2.05, 4.69) is 15.8 Å². The summed E-state index contributed by atoms with van der Waals surface area (Å²) in [6, 6.07) is 17.8. The average molecular weight is 454 g/mol. The number of halogens is 2. The van der Waals surface area contributed by atoms with Gasteiger partial charge in [0, 0.05) is 10.7 Å². The van der Waals surface area contributed by atoms with Crippen molar-refractivity contribution in [3.63, 3.8) is 0 Å². The zero-order valence-electron chi connectivity index (χ0n) is 16.8. The number of rotatable bonds is 5. The molecule has 7 nitrogen and oxygen atoms in total. The van der Waals surface area contributed by atoms with E-state index in [0.29, 0.717) is 27.6 Å². The fourth-order valence-corrected chi connectivity index (χ4v) is 2.71. The lowest BCUT2D eigenvalue weighted by Crippen LogP contribution is -2.32. The second-order valence-electron chi connectivity index (χ2n) is 6.52. The molecule has 0 atom stereocenters. The van der Waals surface area contributed by atoms with E-state index in [9.17, 15) is 18.8 Å². The van der Waals surface area contributed by atoms with Crippen LogP contribution in [0.5, 0.6) is 5.75 Å². The van der Waals surface area contributed by atoms with E-state index >= 15 is 0 Å². The average Bonchev–Trinajstić information content (AvgIpc) is 2.79. The second kappa shape index (κ2) is 10.3. The standard InChI is InChI=1S/C23H17ClFN3O4/c1-14(27-28-22(30)21(29)26-19-9-7-18(25)8-10-19)15-5-11-20(12-6-15)32-23(31)16-3-2-4-17(24)13-16/h2-13H,1H3,(H,26,29)(H,28,30). The van der Waals surface area contributed by atoms with Crippen LogP contribution < -0.4 is 15.5 Å². The van der Waals surface area contributed by atoms with Gasteiger partial charge in [-0.25, -0.2) is 14.6 Å². The predicted octanol–water partition coefficient (Wildman–Crippen LogP) is 4.18. The minimum absolute atomic E-state index is 0.273. The molecule has 3 rings (SSSR count). The van der Waals surface area contributed by atoms with Gasteiger partial charge in [0.05, 0.1) is 11.3 Å². The fourth-order valence-electron chi connectivity index (χ4n) is 2.52. The summed E-state index contributed by atoms with van der Waals surface area (Å²) in [5, 5.41) is 6.65. The van der Waals surface area contributed by atoms with Crippen LogP contribution in [0.4, 0.5) is 10.1 Å². The lowest BCUT2D eigenvalue weighted by atomic mass is 10.1. The third-order valence-electron chi connectivity index (χ3n) is 4.18. The van der Waals surface area contributed by atoms with Crippen molar-refractivity contribution < 1.29 is 23.5 Å². The summed E-state index contributed by atoms with van der Waals surface area (Å²) in [5.41, 5.74) is 3.79. The van der Waals surface area contributed by atoms with Crippen molar-refractivity contribution in [3.8, 4) is 5.75 Å². The molecule has 0 saturated heterocycles. The molecule has 0 fully saturated rings. The van der Waals surface area contributed by atoms with Crippen molar-refractivity contribution in [1.82, 2.24) is 5.43 Å². The molecule has 9 heteroatoms. The summed E-state index contributed by atoms with van der Waals surface area (Å²) in [5.74, 6) is -2.63. The molecular weight excluding hydrogens is 437 g/mol. The van der Waals surface area contributed by atoms with Gasteiger partial charge in [-0.05, 0) is 79.2 Å². The maximum atomic E-state index is 12.9. The molecule has 0 aromatic heterocycles. The Kier molecular flexibility index (Phi) is 7.30. The molecule has 0 radical (unpaired) electrons. The van der Waals surface area contributed by atoms with Gasteiger partial charge in [-0.15, -0.1) is 0 Å². The van der Waals surface area contributed by atoms with Crippen LogP contribution in [-0.4, -0.2) is 23.5 Å². The highest BCUT2D eigenvalue weighted by Crippen LogP contribution is 2.17. The molecule has 0 aliphatic heterocycles. The second-order valence-corrected chi connectivity index (χ2v) is 6.96. The highest BCUT2D eigenvalue weighted by molar-refractivity contribution is 6.39. The third-order valence-corrected chi connectivity index (χ3v) is 4.41. The molecule has 0 saturated carbocycles. The van der Waals surface area contributed by atoms with E-state index in [0.717, 1.165) is 12.1 Å². The van der Waals surface area contributed by atoms with Gasteiger partial charge >= 0.3 is 17.8 Å². The maximum Gasteiger partial charge on any atom is 0.343 e. The number of anilines is 1. The van der Waals surface area contributed by atoms with E-state index in [1.165, 1.54) is 18.2 Å². The molecule has 0 aliphatic rings. The lowest BCUT2D eigenvalue weighted by molar-refractivity contribution is -0.136. The minimum Gasteiger partial charge on any atom is -0.423 e. The Hall–Kier alpha value is -4.04. The first-order valence-electron chi connectivity index (χ1n) is 9.31. The van der Waals surface area contributed by atoms with Crippen molar-refractivity contribution in [1.29, 1.82) is 0 Å². The highest BCUT2D eigenvalue weighted by Gasteiger charge is 2.14. The van der Waals surface area contributed by atoms with Gasteiger partial charge in [0.1, 0.15) is 11.6 Å². The van der Waals surface area contributed by atoms with Crippen LogP contribution in [0.1, 0.15) is 22.8 Å². The summed E-state index contributed by atoms with van der Waals surface area (Å²) in [6.45, 7) is 1.63. The number of hydrogen-bond acceptors (Lipinski definition) is 5. The van der Waals surface area contributed by atoms with Crippen LogP contribution in [-0.2, 0) is 9.59 Å². The normalized spacial score (nSPS) is 10.9. The van der Waals surface area contributed by atoms with Gasteiger partial charge in [-0.3, -0.25) is 9.59 Å². The summed E-state index contributed by atoms with van der Waals surface area (Å²) in [7, 11) is 0. The summed E-state index contributed by atoms with van der Waals surface area (Å²) < 4.78 is 18.2. The molecular formula is C23H17ClFN3O4. The van der Waals surface area contributed by atoms with Gasteiger partial charge in [-0.2, -0.15) is 5.10 Å². The smallest absolute Gasteiger partial charge is 0.343 e. The third kappa shape index (κ3) is 6.23. The molecule has 3 aromatic carbocycles. The summed E-state index contributed by atoms with van der Waals surface area (Å²) >= 11 is 5.88. The Bertz CT molecular complexity index is 1180. The summed E-state index contributed by atoms with van der Waals surface area (Å²) in [6.07, 6.45) is 0. The Morgan fingerprint density at radius 2 is 1.59 bits per heavy atom. The number of hydrazone groups is 1. The van der Waals surface area contributed by atoms with Crippen LogP contribution in [0.3, 0.4) is 0 Å². The lowest BCUT2D eigenvalue weighted by Gasteiger charge is -2.07. The van der Waals surface area contributed by atoms with Crippen molar-refractivity contribution in [2.75, 3.05) is 5.32 Å². The van der Waals surface area contributed by atoms with Gasteiger partial charge in [0.15, 0.2) is 0 Å². The topological polar surface area (TPSA) is 96.9 Å². The molecule has 0 aliphatic carbocycles. The van der Waals surface area contributed by atoms with Crippen molar-refractivity contribution in [3.05, 3.63) is 94.8 Å². The SMILES string of the molecule is CC(=NNC(=O)C(=O)Nc1ccc(F)cc1)c1ccc(OC(=O)c2cccc(Cl)c2)cc1. The van der Waals surface area contributed by atoms with Gasteiger partial charge in [-0.1, -0.05) is 17.7 Å². The molecule has 162 valence electrons. The Balaban J connectivity index is 1.56. The van der Waals surface area contributed by atoms with Gasteiger partial charge in [0.25, 0.3) is 0 Å². The number of nitrogens with one attached hydrogen (secondary N) is 2. The fraction of sp³-hybridized carbons (Fsp3) is 0.0435. The van der Waals surface area contributed by atoms with Gasteiger partial charge in [0.2, 0.25) is 0 Å². The number of nitrogens with zero attached hydrogens (tertiary/aromatic N) is 1. The molecule has 0 spiro atoms. The van der Waals surface area contributed by atoms with E-state index in [-0.39, 0.29) is 5.69 Å². The number of hydrogen-bond donors (Lipinski definition) is 2. The highest BCUT2D eigenvalue weighted by atomic mass is 35.5. The zero-order valence-corrected chi connectivity index (χ0v) is 17.5. The van der Waals surface area contributed by atoms with E-state index in [1.807, 2.05) is 0 Å². The van der Waals surface area contributed by atoms with Crippen molar-refractivity contribution in [2.24, 2.45) is 5.10 Å². The van der Waals surface area contributed by atoms with E-state index in [1.54, 1.807) is 49.4 Å². The molecule has 3 aromatic rings. The van der Waals surface area contributed by atoms with Crippen molar-refractivity contribution in [2.45, 2.75) is 6.92 Å². The first-order chi connectivity index (χ1) is 15.3. The zero-order chi connectivity index (χ0) is 23.1. The predicted molar refractivity (Wildman–Crippen MR) is 118 cm³/mol. The summed E-state index contributed by atoms with van der Waals surface area (Å²) in [4.78, 5) is 36.0. The Morgan fingerprint density at radius 1 is 0.906 bits per heavy atom. The van der Waals surface area contributed by atoms with Crippen LogP contribution >= 0.6 is 11.6 Å². The van der Waals surface area contributed by atoms with Crippen LogP contribution in [0.15, 0.2) is 77.9 Å². The Morgan fingerprint density at radius 3 is 2.25 bits per heavy atom. The number of amides is 2. The van der Waals surface area contributed by atoms with E-state index < -0.39 is 23.6 Å². The largest absolute Gasteiger partial charge is 0.423 e. The number of esters is 1. The molecule has 0 bridgehead atoms. The molecule has 0 unspecified atom stereocenters. The van der Waals surface area contributed by atoms with Gasteiger partial charge < -0.3 is 10.1 Å². The first kappa shape index (κ1) is 22.6. The Labute approximate surface area is 187 Å². The quantitative estimate of drug-likeness (QED) is 0.199. The number of carbonyl (C=O) groups is 3. The van der Waals surface area contributed by atoms with E-state index in [4.69, 9.17) is 16.3 Å². The molecule has 2 amide bonds. The maximum absolute atomic E-state index is 12.9. The first-order valence-corrected chi connectivity index (χ1v) is 9.69. The molecule has 0 heterocycles. The number of ether oxygens (including phenoxy) is 1. The minimum atomic E-state index is -0.985. The number of carbonyl (C=O) groups excluding carboxylic acids is 3. The van der Waals surface area contributed by atoms with Crippen LogP contribution in [0.25, 0.3) is 0 Å².